The molecule has 122 valence electrons. The number of hydrogen-bond acceptors (Lipinski definition) is 10. The van der Waals surface area contributed by atoms with Crippen LogP contribution in [0.3, 0.4) is 0 Å². The summed E-state index contributed by atoms with van der Waals surface area (Å²) in [5.41, 5.74) is 6.19. The second-order valence-corrected chi connectivity index (χ2v) is 5.91. The Morgan fingerprint density at radius 1 is 1.50 bits per heavy atom. The first kappa shape index (κ1) is 16.9. The van der Waals surface area contributed by atoms with Gasteiger partial charge in [0.05, 0.1) is 6.10 Å². The lowest BCUT2D eigenvalue weighted by Crippen LogP contribution is -2.23. The summed E-state index contributed by atoms with van der Waals surface area (Å²) in [5.74, 6) is 0.703. The summed E-state index contributed by atoms with van der Waals surface area (Å²) < 4.78 is 10.2. The van der Waals surface area contributed by atoms with Crippen molar-refractivity contribution in [3.05, 3.63) is 6.33 Å². The zero-order valence-electron chi connectivity index (χ0n) is 12.0. The molecule has 0 unspecified atom stereocenters. The van der Waals surface area contributed by atoms with Crippen LogP contribution in [0.25, 0.3) is 0 Å². The minimum Gasteiger partial charge on any atom is -0.382 e. The van der Waals surface area contributed by atoms with Gasteiger partial charge in [0.2, 0.25) is 0 Å². The van der Waals surface area contributed by atoms with Crippen molar-refractivity contribution in [3.63, 3.8) is 0 Å². The first-order valence-corrected chi connectivity index (χ1v) is 8.18. The molecular formula is C11H19N5O5P+. The molecule has 1 aromatic heterocycles. The summed E-state index contributed by atoms with van der Waals surface area (Å²) >= 11 is 0. The van der Waals surface area contributed by atoms with Gasteiger partial charge in [0.1, 0.15) is 24.8 Å². The van der Waals surface area contributed by atoms with Crippen molar-refractivity contribution in [2.45, 2.75) is 32.1 Å². The van der Waals surface area contributed by atoms with Crippen LogP contribution in [0, 0.1) is 0 Å². The number of nitrogens with one attached hydrogen (secondary N) is 1. The highest BCUT2D eigenvalue weighted by molar-refractivity contribution is 7.53. The number of nitrogens with zero attached hydrogens (tertiary/aromatic N) is 3. The van der Waals surface area contributed by atoms with E-state index in [2.05, 4.69) is 24.8 Å². The van der Waals surface area contributed by atoms with Crippen molar-refractivity contribution in [1.82, 2.24) is 9.97 Å². The Morgan fingerprint density at radius 3 is 2.95 bits per heavy atom. The molecule has 0 aromatic carbocycles. The molecule has 0 amide bonds. The molecule has 11 heteroatoms. The Bertz CT molecular complexity index is 538. The Morgan fingerprint density at radius 2 is 2.27 bits per heavy atom. The van der Waals surface area contributed by atoms with E-state index in [1.165, 1.54) is 6.33 Å². The van der Waals surface area contributed by atoms with Gasteiger partial charge >= 0.3 is 8.17 Å². The summed E-state index contributed by atoms with van der Waals surface area (Å²) in [6, 6.07) is 0. The minimum absolute atomic E-state index is 0.110. The summed E-state index contributed by atoms with van der Waals surface area (Å²) in [5, 5.41) is 3.06. The quantitative estimate of drug-likeness (QED) is 0.367. The third-order valence-corrected chi connectivity index (χ3v) is 3.44. The molecule has 1 saturated heterocycles. The van der Waals surface area contributed by atoms with Crippen molar-refractivity contribution in [2.24, 2.45) is 4.99 Å². The molecule has 1 fully saturated rings. The zero-order valence-corrected chi connectivity index (χ0v) is 12.8. The Balaban J connectivity index is 1.94. The van der Waals surface area contributed by atoms with Crippen LogP contribution in [0.1, 0.15) is 19.8 Å². The Labute approximate surface area is 127 Å². The Hall–Kier alpha value is -1.42. The SMILES string of the molecule is CC=Nc1c(N)ncnc1N[C@H]1CC[C@@H](CO[P+](O)(O)O)O1. The number of aromatic nitrogens is 2. The van der Waals surface area contributed by atoms with Crippen LogP contribution in [0.4, 0.5) is 17.3 Å². The number of nitrogen functional groups attached to an aromatic ring is 1. The maximum absolute atomic E-state index is 8.79. The molecule has 1 aromatic rings. The molecule has 0 spiro atoms. The Kier molecular flexibility index (Phi) is 5.57. The van der Waals surface area contributed by atoms with Gasteiger partial charge < -0.3 is 15.8 Å². The maximum atomic E-state index is 8.79. The fourth-order valence-corrected chi connectivity index (χ4v) is 2.39. The first-order valence-electron chi connectivity index (χ1n) is 6.62. The van der Waals surface area contributed by atoms with Gasteiger partial charge in [0.15, 0.2) is 11.6 Å². The summed E-state index contributed by atoms with van der Waals surface area (Å²) in [6.07, 6.45) is 3.48. The number of anilines is 2. The van der Waals surface area contributed by atoms with E-state index in [1.54, 1.807) is 13.1 Å². The largest absolute Gasteiger partial charge is 0.567 e. The fourth-order valence-electron chi connectivity index (χ4n) is 2.02. The summed E-state index contributed by atoms with van der Waals surface area (Å²) in [7, 11) is -4.23. The number of nitrogens with two attached hydrogens (primary N) is 1. The first-order chi connectivity index (χ1) is 10.4. The van der Waals surface area contributed by atoms with Gasteiger partial charge in [-0.3, -0.25) is 4.99 Å². The third kappa shape index (κ3) is 4.80. The van der Waals surface area contributed by atoms with Crippen molar-refractivity contribution in [1.29, 1.82) is 0 Å². The lowest BCUT2D eigenvalue weighted by Gasteiger charge is -2.16. The average Bonchev–Trinajstić information content (AvgIpc) is 2.87. The third-order valence-electron chi connectivity index (χ3n) is 2.95. The van der Waals surface area contributed by atoms with Gasteiger partial charge in [-0.2, -0.15) is 19.2 Å². The van der Waals surface area contributed by atoms with Crippen LogP contribution in [0.2, 0.25) is 0 Å². The fraction of sp³-hybridized carbons (Fsp3) is 0.545. The van der Waals surface area contributed by atoms with Crippen LogP contribution >= 0.6 is 8.17 Å². The predicted molar refractivity (Wildman–Crippen MR) is 81.3 cm³/mol. The van der Waals surface area contributed by atoms with Crippen LogP contribution in [-0.4, -0.2) is 49.8 Å². The monoisotopic (exact) mass is 332 g/mol. The lowest BCUT2D eigenvalue weighted by molar-refractivity contribution is 0.0166. The van der Waals surface area contributed by atoms with E-state index in [1.807, 2.05) is 0 Å². The highest BCUT2D eigenvalue weighted by atomic mass is 31.2. The summed E-state index contributed by atoms with van der Waals surface area (Å²) in [4.78, 5) is 38.5. The highest BCUT2D eigenvalue weighted by Gasteiger charge is 2.36. The second kappa shape index (κ2) is 7.23. The molecule has 2 heterocycles. The smallest absolute Gasteiger partial charge is 0.382 e. The zero-order chi connectivity index (χ0) is 16.2. The van der Waals surface area contributed by atoms with Gasteiger partial charge in [-0.25, -0.2) is 9.97 Å². The van der Waals surface area contributed by atoms with E-state index in [0.29, 0.717) is 24.3 Å². The van der Waals surface area contributed by atoms with Gasteiger partial charge in [-0.15, -0.1) is 0 Å². The minimum atomic E-state index is -4.23. The van der Waals surface area contributed by atoms with Crippen molar-refractivity contribution >= 4 is 31.7 Å². The van der Waals surface area contributed by atoms with Crippen LogP contribution < -0.4 is 11.1 Å². The molecule has 6 N–H and O–H groups in total. The molecule has 2 atom stereocenters. The lowest BCUT2D eigenvalue weighted by atomic mass is 10.2. The number of rotatable bonds is 6. The predicted octanol–water partition coefficient (Wildman–Crippen LogP) is 0.369. The molecule has 22 heavy (non-hydrogen) atoms. The van der Waals surface area contributed by atoms with Crippen LogP contribution in [0.15, 0.2) is 11.3 Å². The summed E-state index contributed by atoms with van der Waals surface area (Å²) in [6.45, 7) is 1.64. The topological polar surface area (TPSA) is 155 Å². The molecule has 0 aliphatic carbocycles. The number of hydrogen-bond donors (Lipinski definition) is 5. The standard InChI is InChI=1S/C11H19N5O5P/c1-2-13-9-10(12)14-6-15-11(9)16-8-4-3-7(21-8)5-20-22(17,18)19/h2,6-8,17-19H,3-5H2,1H3,(H3,12,14,15,16)/q+1/t7-,8+/m0/s1. The average molecular weight is 332 g/mol. The van der Waals surface area contributed by atoms with Crippen molar-refractivity contribution in [2.75, 3.05) is 17.7 Å². The molecule has 1 aliphatic rings. The van der Waals surface area contributed by atoms with E-state index in [9.17, 15) is 0 Å². The molecule has 0 bridgehead atoms. The van der Waals surface area contributed by atoms with Crippen molar-refractivity contribution < 1.29 is 23.9 Å². The van der Waals surface area contributed by atoms with E-state index in [4.69, 9.17) is 25.2 Å². The number of aliphatic imine (C=N–C) groups is 1. The van der Waals surface area contributed by atoms with Gasteiger partial charge in [-0.05, 0) is 19.8 Å². The van der Waals surface area contributed by atoms with Crippen LogP contribution in [-0.2, 0) is 9.26 Å². The molecule has 1 aliphatic heterocycles. The normalized spacial score (nSPS) is 22.4. The number of ether oxygens (including phenoxy) is 1. The van der Waals surface area contributed by atoms with Crippen LogP contribution in [0.5, 0.6) is 0 Å². The van der Waals surface area contributed by atoms with Gasteiger partial charge in [0, 0.05) is 6.21 Å². The molecule has 10 nitrogen and oxygen atoms in total. The highest BCUT2D eigenvalue weighted by Crippen LogP contribution is 2.46. The maximum Gasteiger partial charge on any atom is 0.567 e. The molecular weight excluding hydrogens is 313 g/mol. The van der Waals surface area contributed by atoms with E-state index >= 15 is 0 Å². The van der Waals surface area contributed by atoms with E-state index < -0.39 is 8.17 Å². The molecule has 0 saturated carbocycles. The van der Waals surface area contributed by atoms with Gasteiger partial charge in [-0.1, -0.05) is 0 Å². The van der Waals surface area contributed by atoms with Gasteiger partial charge in [0.25, 0.3) is 0 Å². The van der Waals surface area contributed by atoms with E-state index in [0.717, 1.165) is 0 Å². The second-order valence-electron chi connectivity index (χ2n) is 4.62. The molecule has 2 rings (SSSR count). The van der Waals surface area contributed by atoms with Crippen molar-refractivity contribution in [3.8, 4) is 0 Å². The molecule has 0 radical (unpaired) electrons. The van der Waals surface area contributed by atoms with E-state index in [-0.39, 0.29) is 24.8 Å².